The normalized spacial score (nSPS) is 16.6. The smallest absolute Gasteiger partial charge is 0.357 e. The second-order valence-electron chi connectivity index (χ2n) is 6.07. The minimum Gasteiger partial charge on any atom is -0.357 e. The molecule has 1 aliphatic heterocycles. The molecule has 0 aliphatic carbocycles. The topological polar surface area (TPSA) is 56.8 Å². The van der Waals surface area contributed by atoms with Crippen molar-refractivity contribution in [2.24, 2.45) is 0 Å². The fraction of sp³-hybridized carbons (Fsp3) is 0.500. The van der Waals surface area contributed by atoms with Gasteiger partial charge in [0, 0.05) is 43.1 Å². The van der Waals surface area contributed by atoms with E-state index in [1.54, 1.807) is 0 Å². The average molecular weight is 339 g/mol. The lowest BCUT2D eigenvalue weighted by Crippen LogP contribution is -2.42. The molecule has 24 heavy (non-hydrogen) atoms. The molecule has 1 fully saturated rings. The zero-order valence-corrected chi connectivity index (χ0v) is 13.4. The van der Waals surface area contributed by atoms with Crippen LogP contribution in [0, 0.1) is 6.92 Å². The lowest BCUT2D eigenvalue weighted by Gasteiger charge is -2.33. The Hall–Kier alpha value is -2.09. The SMILES string of the molecule is Cc1[nH]ncc1CNC1CCN(c2ccc(C(F)(F)F)cn2)CC1. The summed E-state index contributed by atoms with van der Waals surface area (Å²) < 4.78 is 37.7. The average Bonchev–Trinajstić information content (AvgIpc) is 2.98. The summed E-state index contributed by atoms with van der Waals surface area (Å²) in [6.07, 6.45) is 0.248. The van der Waals surface area contributed by atoms with Crippen molar-refractivity contribution in [1.29, 1.82) is 0 Å². The number of pyridine rings is 1. The van der Waals surface area contributed by atoms with E-state index in [0.717, 1.165) is 56.0 Å². The van der Waals surface area contributed by atoms with E-state index < -0.39 is 11.7 Å². The summed E-state index contributed by atoms with van der Waals surface area (Å²) in [5.74, 6) is 0.604. The predicted octanol–water partition coefficient (Wildman–Crippen LogP) is 2.89. The molecule has 2 aromatic rings. The van der Waals surface area contributed by atoms with Crippen LogP contribution in [-0.4, -0.2) is 34.3 Å². The molecule has 1 aliphatic rings. The summed E-state index contributed by atoms with van der Waals surface area (Å²) in [6, 6.07) is 2.93. The van der Waals surface area contributed by atoms with Gasteiger partial charge in [-0.1, -0.05) is 0 Å². The van der Waals surface area contributed by atoms with Crippen LogP contribution in [0.4, 0.5) is 19.0 Å². The minimum absolute atomic E-state index is 0.394. The van der Waals surface area contributed by atoms with Gasteiger partial charge < -0.3 is 10.2 Å². The summed E-state index contributed by atoms with van der Waals surface area (Å²) in [5, 5.41) is 10.4. The summed E-state index contributed by atoms with van der Waals surface area (Å²) in [5.41, 5.74) is 1.51. The number of rotatable bonds is 4. The first-order valence-electron chi connectivity index (χ1n) is 7.94. The summed E-state index contributed by atoms with van der Waals surface area (Å²) in [7, 11) is 0. The van der Waals surface area contributed by atoms with Crippen LogP contribution in [-0.2, 0) is 12.7 Å². The van der Waals surface area contributed by atoms with Crippen molar-refractivity contribution in [3.05, 3.63) is 41.3 Å². The van der Waals surface area contributed by atoms with Crippen molar-refractivity contribution in [3.8, 4) is 0 Å². The van der Waals surface area contributed by atoms with Crippen LogP contribution in [0.2, 0.25) is 0 Å². The molecule has 0 aromatic carbocycles. The molecule has 0 saturated carbocycles. The monoisotopic (exact) mass is 339 g/mol. The van der Waals surface area contributed by atoms with Gasteiger partial charge in [-0.3, -0.25) is 5.10 Å². The van der Waals surface area contributed by atoms with Crippen LogP contribution < -0.4 is 10.2 Å². The maximum atomic E-state index is 12.6. The van der Waals surface area contributed by atoms with Crippen molar-refractivity contribution >= 4 is 5.82 Å². The van der Waals surface area contributed by atoms with Gasteiger partial charge in [0.1, 0.15) is 5.82 Å². The largest absolute Gasteiger partial charge is 0.417 e. The molecule has 0 unspecified atom stereocenters. The minimum atomic E-state index is -4.34. The first-order valence-corrected chi connectivity index (χ1v) is 7.94. The molecule has 0 spiro atoms. The number of anilines is 1. The zero-order chi connectivity index (χ0) is 17.2. The number of hydrogen-bond donors (Lipinski definition) is 2. The molecular formula is C16H20F3N5. The second-order valence-corrected chi connectivity index (χ2v) is 6.07. The van der Waals surface area contributed by atoms with E-state index in [1.165, 1.54) is 6.07 Å². The van der Waals surface area contributed by atoms with E-state index in [2.05, 4.69) is 20.5 Å². The van der Waals surface area contributed by atoms with Crippen molar-refractivity contribution in [1.82, 2.24) is 20.5 Å². The van der Waals surface area contributed by atoms with Crippen molar-refractivity contribution in [2.45, 2.75) is 38.5 Å². The number of H-pyrrole nitrogens is 1. The van der Waals surface area contributed by atoms with E-state index in [9.17, 15) is 13.2 Å². The summed E-state index contributed by atoms with van der Waals surface area (Å²) >= 11 is 0. The Morgan fingerprint density at radius 1 is 1.25 bits per heavy atom. The molecule has 8 heteroatoms. The van der Waals surface area contributed by atoms with E-state index in [0.29, 0.717) is 11.9 Å². The molecule has 0 radical (unpaired) electrons. The van der Waals surface area contributed by atoms with Gasteiger partial charge in [-0.05, 0) is 31.9 Å². The van der Waals surface area contributed by atoms with E-state index in [-0.39, 0.29) is 0 Å². The second kappa shape index (κ2) is 6.80. The Morgan fingerprint density at radius 2 is 2.00 bits per heavy atom. The molecule has 3 heterocycles. The number of halogens is 3. The van der Waals surface area contributed by atoms with Crippen LogP contribution >= 0.6 is 0 Å². The number of aromatic nitrogens is 3. The molecule has 0 atom stereocenters. The number of aryl methyl sites for hydroxylation is 1. The molecule has 2 N–H and O–H groups in total. The molecule has 130 valence electrons. The Morgan fingerprint density at radius 3 is 2.54 bits per heavy atom. The third-order valence-corrected chi connectivity index (χ3v) is 4.41. The fourth-order valence-electron chi connectivity index (χ4n) is 2.86. The van der Waals surface area contributed by atoms with E-state index in [1.807, 2.05) is 18.0 Å². The van der Waals surface area contributed by atoms with Gasteiger partial charge in [0.2, 0.25) is 0 Å². The first kappa shape index (κ1) is 16.8. The maximum absolute atomic E-state index is 12.6. The van der Waals surface area contributed by atoms with Gasteiger partial charge in [-0.25, -0.2) is 4.98 Å². The lowest BCUT2D eigenvalue weighted by atomic mass is 10.0. The Kier molecular flexibility index (Phi) is 4.75. The molecule has 5 nitrogen and oxygen atoms in total. The third kappa shape index (κ3) is 3.87. The van der Waals surface area contributed by atoms with E-state index >= 15 is 0 Å². The fourth-order valence-corrected chi connectivity index (χ4v) is 2.86. The van der Waals surface area contributed by atoms with Crippen LogP contribution in [0.15, 0.2) is 24.5 Å². The molecular weight excluding hydrogens is 319 g/mol. The number of alkyl halides is 3. The van der Waals surface area contributed by atoms with Gasteiger partial charge >= 0.3 is 6.18 Å². The zero-order valence-electron chi connectivity index (χ0n) is 13.4. The van der Waals surface area contributed by atoms with Crippen molar-refractivity contribution in [3.63, 3.8) is 0 Å². The highest BCUT2D eigenvalue weighted by Crippen LogP contribution is 2.29. The molecule has 0 bridgehead atoms. The Bertz CT molecular complexity index is 657. The van der Waals surface area contributed by atoms with Gasteiger partial charge in [-0.15, -0.1) is 0 Å². The van der Waals surface area contributed by atoms with Crippen LogP contribution in [0.3, 0.4) is 0 Å². The van der Waals surface area contributed by atoms with Gasteiger partial charge in [0.15, 0.2) is 0 Å². The lowest BCUT2D eigenvalue weighted by molar-refractivity contribution is -0.137. The molecule has 3 rings (SSSR count). The highest BCUT2D eigenvalue weighted by atomic mass is 19.4. The van der Waals surface area contributed by atoms with E-state index in [4.69, 9.17) is 0 Å². The van der Waals surface area contributed by atoms with Gasteiger partial charge in [0.05, 0.1) is 11.8 Å². The third-order valence-electron chi connectivity index (χ3n) is 4.41. The van der Waals surface area contributed by atoms with Crippen LogP contribution in [0.5, 0.6) is 0 Å². The Labute approximate surface area is 138 Å². The first-order chi connectivity index (χ1) is 11.4. The maximum Gasteiger partial charge on any atom is 0.417 e. The number of nitrogens with zero attached hydrogens (tertiary/aromatic N) is 3. The highest BCUT2D eigenvalue weighted by molar-refractivity contribution is 5.40. The number of aromatic amines is 1. The molecule has 1 saturated heterocycles. The number of hydrogen-bond acceptors (Lipinski definition) is 4. The summed E-state index contributed by atoms with van der Waals surface area (Å²) in [4.78, 5) is 5.99. The summed E-state index contributed by atoms with van der Waals surface area (Å²) in [6.45, 7) is 4.31. The van der Waals surface area contributed by atoms with Gasteiger partial charge in [-0.2, -0.15) is 18.3 Å². The van der Waals surface area contributed by atoms with Crippen molar-refractivity contribution < 1.29 is 13.2 Å². The highest BCUT2D eigenvalue weighted by Gasteiger charge is 2.31. The standard InChI is InChI=1S/C16H20F3N5/c1-11-12(9-22-23-11)8-20-14-4-6-24(7-5-14)15-3-2-13(10-21-15)16(17,18)19/h2-3,9-10,14,20H,4-8H2,1H3,(H,22,23). The van der Waals surface area contributed by atoms with Crippen LogP contribution in [0.1, 0.15) is 29.7 Å². The quantitative estimate of drug-likeness (QED) is 0.899. The van der Waals surface area contributed by atoms with Crippen LogP contribution in [0.25, 0.3) is 0 Å². The Balaban J connectivity index is 1.50. The number of piperidine rings is 1. The van der Waals surface area contributed by atoms with Crippen molar-refractivity contribution in [2.75, 3.05) is 18.0 Å². The predicted molar refractivity (Wildman–Crippen MR) is 84.6 cm³/mol. The molecule has 2 aromatic heterocycles. The molecule has 0 amide bonds. The van der Waals surface area contributed by atoms with Gasteiger partial charge in [0.25, 0.3) is 0 Å². The number of nitrogens with one attached hydrogen (secondary N) is 2.